The van der Waals surface area contributed by atoms with Crippen molar-refractivity contribution in [2.45, 2.75) is 45.6 Å². The maximum absolute atomic E-state index is 5.65. The lowest BCUT2D eigenvalue weighted by Crippen LogP contribution is -2.40. The van der Waals surface area contributed by atoms with Gasteiger partial charge in [0.2, 0.25) is 0 Å². The van der Waals surface area contributed by atoms with Gasteiger partial charge in [-0.15, -0.1) is 0 Å². The van der Waals surface area contributed by atoms with Gasteiger partial charge in [0.05, 0.1) is 6.61 Å². The smallest absolute Gasteiger partial charge is 0.0509 e. The fourth-order valence-corrected chi connectivity index (χ4v) is 3.05. The van der Waals surface area contributed by atoms with Crippen LogP contribution < -0.4 is 5.32 Å². The fraction of sp³-hybridized carbons (Fsp3) is 0.647. The van der Waals surface area contributed by atoms with Crippen LogP contribution in [-0.2, 0) is 11.2 Å². The van der Waals surface area contributed by atoms with Gasteiger partial charge in [-0.2, -0.15) is 0 Å². The summed E-state index contributed by atoms with van der Waals surface area (Å²) in [5, 5.41) is 3.66. The molecule has 0 radical (unpaired) electrons. The Morgan fingerprint density at radius 3 is 2.89 bits per heavy atom. The summed E-state index contributed by atoms with van der Waals surface area (Å²) in [6.07, 6.45) is 4.91. The van der Waals surface area contributed by atoms with Crippen molar-refractivity contribution in [3.63, 3.8) is 0 Å². The van der Waals surface area contributed by atoms with E-state index in [2.05, 4.69) is 43.4 Å². The summed E-state index contributed by atoms with van der Waals surface area (Å²) in [5.41, 5.74) is 2.90. The molecule has 0 saturated carbocycles. The van der Waals surface area contributed by atoms with Crippen LogP contribution >= 0.6 is 0 Å². The molecule has 1 heterocycles. The molecule has 106 valence electrons. The molecule has 0 bridgehead atoms. The van der Waals surface area contributed by atoms with Crippen LogP contribution in [0.15, 0.2) is 24.3 Å². The summed E-state index contributed by atoms with van der Waals surface area (Å²) in [6, 6.07) is 9.34. The van der Waals surface area contributed by atoms with E-state index in [1.54, 1.807) is 0 Å². The molecule has 1 saturated heterocycles. The van der Waals surface area contributed by atoms with E-state index < -0.39 is 0 Å². The Morgan fingerprint density at radius 1 is 1.37 bits per heavy atom. The SMILES string of the molecule is CCNC(CCc1ccccc1C)C1CCCOC1. The highest BCUT2D eigenvalue weighted by molar-refractivity contribution is 5.25. The fourth-order valence-electron chi connectivity index (χ4n) is 3.05. The highest BCUT2D eigenvalue weighted by Gasteiger charge is 2.23. The van der Waals surface area contributed by atoms with Gasteiger partial charge in [-0.1, -0.05) is 31.2 Å². The summed E-state index contributed by atoms with van der Waals surface area (Å²) in [5.74, 6) is 0.692. The van der Waals surface area contributed by atoms with Gasteiger partial charge < -0.3 is 10.1 Å². The molecule has 1 aliphatic heterocycles. The Hall–Kier alpha value is -0.860. The Morgan fingerprint density at radius 2 is 2.21 bits per heavy atom. The highest BCUT2D eigenvalue weighted by atomic mass is 16.5. The molecule has 0 amide bonds. The van der Waals surface area contributed by atoms with E-state index in [0.29, 0.717) is 12.0 Å². The molecular formula is C17H27NO. The predicted molar refractivity (Wildman–Crippen MR) is 80.5 cm³/mol. The molecule has 1 fully saturated rings. The van der Waals surface area contributed by atoms with Crippen LogP contribution in [0.2, 0.25) is 0 Å². The van der Waals surface area contributed by atoms with E-state index in [4.69, 9.17) is 4.74 Å². The summed E-state index contributed by atoms with van der Waals surface area (Å²) in [6.45, 7) is 7.35. The molecule has 1 aromatic rings. The zero-order valence-electron chi connectivity index (χ0n) is 12.3. The van der Waals surface area contributed by atoms with Crippen LogP contribution in [0.3, 0.4) is 0 Å². The number of hydrogen-bond donors (Lipinski definition) is 1. The molecule has 0 aromatic heterocycles. The standard InChI is InChI=1S/C17H27NO/c1-3-18-17(16-9-6-12-19-13-16)11-10-15-8-5-4-7-14(15)2/h4-5,7-8,16-18H,3,6,9-13H2,1-2H3. The number of ether oxygens (including phenoxy) is 1. The molecule has 2 heteroatoms. The van der Waals surface area contributed by atoms with Crippen LogP contribution in [0, 0.1) is 12.8 Å². The second-order valence-electron chi connectivity index (χ2n) is 5.61. The van der Waals surface area contributed by atoms with E-state index in [1.807, 2.05) is 0 Å². The lowest BCUT2D eigenvalue weighted by Gasteiger charge is -2.31. The Balaban J connectivity index is 1.91. The molecule has 1 aromatic carbocycles. The maximum atomic E-state index is 5.65. The lowest BCUT2D eigenvalue weighted by molar-refractivity contribution is 0.0382. The third kappa shape index (κ3) is 4.32. The van der Waals surface area contributed by atoms with Crippen LogP contribution in [0.25, 0.3) is 0 Å². The molecular weight excluding hydrogens is 234 g/mol. The normalized spacial score (nSPS) is 21.3. The summed E-state index contributed by atoms with van der Waals surface area (Å²) >= 11 is 0. The molecule has 2 unspecified atom stereocenters. The average Bonchev–Trinajstić information content (AvgIpc) is 2.46. The third-order valence-corrected chi connectivity index (χ3v) is 4.22. The minimum absolute atomic E-state index is 0.602. The van der Waals surface area contributed by atoms with Crippen molar-refractivity contribution in [3.05, 3.63) is 35.4 Å². The monoisotopic (exact) mass is 261 g/mol. The van der Waals surface area contributed by atoms with Crippen molar-refractivity contribution in [3.8, 4) is 0 Å². The topological polar surface area (TPSA) is 21.3 Å². The molecule has 19 heavy (non-hydrogen) atoms. The van der Waals surface area contributed by atoms with Gasteiger partial charge in [0.1, 0.15) is 0 Å². The maximum Gasteiger partial charge on any atom is 0.0509 e. The first kappa shape index (κ1) is 14.5. The summed E-state index contributed by atoms with van der Waals surface area (Å²) in [7, 11) is 0. The highest BCUT2D eigenvalue weighted by Crippen LogP contribution is 2.21. The van der Waals surface area contributed by atoms with E-state index in [-0.39, 0.29) is 0 Å². The molecule has 2 rings (SSSR count). The Kier molecular flexibility index (Phi) is 5.87. The average molecular weight is 261 g/mol. The molecule has 0 spiro atoms. The molecule has 2 nitrogen and oxygen atoms in total. The Labute approximate surface area is 117 Å². The zero-order valence-corrected chi connectivity index (χ0v) is 12.3. The van der Waals surface area contributed by atoms with Gasteiger partial charge in [0, 0.05) is 12.6 Å². The number of hydrogen-bond acceptors (Lipinski definition) is 2. The van der Waals surface area contributed by atoms with Crippen LogP contribution in [-0.4, -0.2) is 25.8 Å². The largest absolute Gasteiger partial charge is 0.381 e. The number of aryl methyl sites for hydroxylation is 2. The second-order valence-corrected chi connectivity index (χ2v) is 5.61. The quantitative estimate of drug-likeness (QED) is 0.848. The number of benzene rings is 1. The zero-order chi connectivity index (χ0) is 13.5. The minimum Gasteiger partial charge on any atom is -0.381 e. The predicted octanol–water partition coefficient (Wildman–Crippen LogP) is 3.33. The van der Waals surface area contributed by atoms with Crippen LogP contribution in [0.5, 0.6) is 0 Å². The van der Waals surface area contributed by atoms with Gasteiger partial charge in [0.25, 0.3) is 0 Å². The third-order valence-electron chi connectivity index (χ3n) is 4.22. The van der Waals surface area contributed by atoms with Crippen molar-refractivity contribution in [1.29, 1.82) is 0 Å². The first-order chi connectivity index (χ1) is 9.31. The first-order valence-electron chi connectivity index (χ1n) is 7.67. The van der Waals surface area contributed by atoms with Crippen LogP contribution in [0.4, 0.5) is 0 Å². The second kappa shape index (κ2) is 7.66. The van der Waals surface area contributed by atoms with E-state index >= 15 is 0 Å². The van der Waals surface area contributed by atoms with E-state index in [0.717, 1.165) is 19.8 Å². The minimum atomic E-state index is 0.602. The number of rotatable bonds is 6. The van der Waals surface area contributed by atoms with Crippen molar-refractivity contribution in [2.75, 3.05) is 19.8 Å². The first-order valence-corrected chi connectivity index (χ1v) is 7.67. The van der Waals surface area contributed by atoms with Gasteiger partial charge >= 0.3 is 0 Å². The number of nitrogens with one attached hydrogen (secondary N) is 1. The summed E-state index contributed by atoms with van der Waals surface area (Å²) in [4.78, 5) is 0. The van der Waals surface area contributed by atoms with Gasteiger partial charge in [-0.05, 0) is 56.2 Å². The molecule has 1 aliphatic rings. The van der Waals surface area contributed by atoms with E-state index in [9.17, 15) is 0 Å². The lowest BCUT2D eigenvalue weighted by atomic mass is 9.89. The molecule has 2 atom stereocenters. The van der Waals surface area contributed by atoms with Crippen LogP contribution in [0.1, 0.15) is 37.3 Å². The van der Waals surface area contributed by atoms with Crippen molar-refractivity contribution < 1.29 is 4.74 Å². The summed E-state index contributed by atoms with van der Waals surface area (Å²) < 4.78 is 5.65. The molecule has 1 N–H and O–H groups in total. The molecule has 0 aliphatic carbocycles. The van der Waals surface area contributed by atoms with Crippen molar-refractivity contribution in [2.24, 2.45) is 5.92 Å². The van der Waals surface area contributed by atoms with Gasteiger partial charge in [0.15, 0.2) is 0 Å². The Bertz CT molecular complexity index is 371. The van der Waals surface area contributed by atoms with Crippen molar-refractivity contribution >= 4 is 0 Å². The van der Waals surface area contributed by atoms with Gasteiger partial charge in [-0.3, -0.25) is 0 Å². The van der Waals surface area contributed by atoms with E-state index in [1.165, 1.54) is 36.8 Å². The van der Waals surface area contributed by atoms with Gasteiger partial charge in [-0.25, -0.2) is 0 Å². The van der Waals surface area contributed by atoms with Crippen molar-refractivity contribution in [1.82, 2.24) is 5.32 Å².